The van der Waals surface area contributed by atoms with Crippen molar-refractivity contribution in [1.82, 2.24) is 0 Å². The van der Waals surface area contributed by atoms with E-state index in [0.717, 1.165) is 23.1 Å². The quantitative estimate of drug-likeness (QED) is 0.208. The van der Waals surface area contributed by atoms with Crippen LogP contribution in [0.4, 0.5) is 18.9 Å². The first-order valence-corrected chi connectivity index (χ1v) is 12.0. The zero-order valence-corrected chi connectivity index (χ0v) is 22.3. The maximum absolute atomic E-state index is 12.5. The molecule has 0 atom stereocenters. The van der Waals surface area contributed by atoms with Gasteiger partial charge in [0, 0.05) is 4.90 Å². The topological polar surface area (TPSA) is 58.2 Å². The molecular weight excluding hydrogens is 507 g/mol. The standard InChI is InChI=1S/C25H24F3NO5S.C2H6/c1-30-21-11-10-16(8-9-17-13-22(31-2)24(33-4)23(14-17)32-3)12-20(21)29-35-19-7-5-6-18(15-19)34-25(26,27)28;1-2/h5-15,29H,1-4H3;1-2H3/b9-8-;. The molecule has 0 aliphatic heterocycles. The largest absolute Gasteiger partial charge is 0.573 e. The van der Waals surface area contributed by atoms with Crippen LogP contribution < -0.4 is 28.4 Å². The molecule has 3 aromatic rings. The summed E-state index contributed by atoms with van der Waals surface area (Å²) in [5.41, 5.74) is 2.34. The molecule has 0 aromatic heterocycles. The summed E-state index contributed by atoms with van der Waals surface area (Å²) in [6.45, 7) is 4.00. The van der Waals surface area contributed by atoms with Crippen LogP contribution in [-0.4, -0.2) is 34.8 Å². The van der Waals surface area contributed by atoms with Crippen molar-refractivity contribution in [1.29, 1.82) is 0 Å². The molecule has 0 saturated heterocycles. The van der Waals surface area contributed by atoms with Crippen molar-refractivity contribution in [2.45, 2.75) is 25.1 Å². The lowest BCUT2D eigenvalue weighted by Gasteiger charge is -2.13. The maximum atomic E-state index is 12.5. The zero-order valence-electron chi connectivity index (χ0n) is 21.4. The van der Waals surface area contributed by atoms with Gasteiger partial charge in [0.2, 0.25) is 5.75 Å². The molecule has 200 valence electrons. The van der Waals surface area contributed by atoms with Gasteiger partial charge in [-0.2, -0.15) is 0 Å². The van der Waals surface area contributed by atoms with Crippen LogP contribution >= 0.6 is 11.9 Å². The summed E-state index contributed by atoms with van der Waals surface area (Å²) in [5.74, 6) is 1.86. The van der Waals surface area contributed by atoms with E-state index in [-0.39, 0.29) is 5.75 Å². The average Bonchev–Trinajstić information content (AvgIpc) is 2.90. The molecule has 3 aromatic carbocycles. The highest BCUT2D eigenvalue weighted by Gasteiger charge is 2.31. The smallest absolute Gasteiger partial charge is 0.495 e. The summed E-state index contributed by atoms with van der Waals surface area (Å²) in [6, 6.07) is 14.9. The number of rotatable bonds is 10. The van der Waals surface area contributed by atoms with E-state index in [1.54, 1.807) is 33.5 Å². The molecule has 0 bridgehead atoms. The molecule has 1 N–H and O–H groups in total. The molecule has 0 fully saturated rings. The monoisotopic (exact) mass is 537 g/mol. The van der Waals surface area contributed by atoms with Crippen molar-refractivity contribution >= 4 is 29.8 Å². The summed E-state index contributed by atoms with van der Waals surface area (Å²) in [5, 5.41) is 0. The molecule has 0 heterocycles. The van der Waals surface area contributed by atoms with Crippen LogP contribution in [0.15, 0.2) is 59.5 Å². The first-order valence-electron chi connectivity index (χ1n) is 11.2. The number of hydrogen-bond donors (Lipinski definition) is 1. The van der Waals surface area contributed by atoms with Gasteiger partial charge < -0.3 is 28.4 Å². The lowest BCUT2D eigenvalue weighted by Crippen LogP contribution is -2.17. The van der Waals surface area contributed by atoms with E-state index in [9.17, 15) is 13.2 Å². The molecule has 0 unspecified atom stereocenters. The summed E-state index contributed by atoms with van der Waals surface area (Å²) in [4.78, 5) is 0.534. The van der Waals surface area contributed by atoms with E-state index in [0.29, 0.717) is 33.6 Å². The fourth-order valence-electron chi connectivity index (χ4n) is 3.15. The van der Waals surface area contributed by atoms with Gasteiger partial charge in [-0.15, -0.1) is 13.2 Å². The molecule has 0 saturated carbocycles. The van der Waals surface area contributed by atoms with Crippen molar-refractivity contribution in [3.05, 3.63) is 65.7 Å². The Hall–Kier alpha value is -3.66. The lowest BCUT2D eigenvalue weighted by atomic mass is 10.1. The predicted octanol–water partition coefficient (Wildman–Crippen LogP) is 7.94. The molecule has 0 aliphatic carbocycles. The number of anilines is 1. The van der Waals surface area contributed by atoms with Crippen molar-refractivity contribution in [3.8, 4) is 28.7 Å². The molecule has 6 nitrogen and oxygen atoms in total. The van der Waals surface area contributed by atoms with Crippen LogP contribution in [0.5, 0.6) is 28.7 Å². The summed E-state index contributed by atoms with van der Waals surface area (Å²) in [7, 11) is 6.18. The number of ether oxygens (including phenoxy) is 5. The Kier molecular flexibility index (Phi) is 11.3. The van der Waals surface area contributed by atoms with Crippen LogP contribution in [0.3, 0.4) is 0 Å². The van der Waals surface area contributed by atoms with Gasteiger partial charge in [-0.1, -0.05) is 38.1 Å². The van der Waals surface area contributed by atoms with Crippen LogP contribution in [-0.2, 0) is 0 Å². The van der Waals surface area contributed by atoms with Gasteiger partial charge in [0.05, 0.1) is 34.1 Å². The molecule has 0 radical (unpaired) electrons. The summed E-state index contributed by atoms with van der Waals surface area (Å²) >= 11 is 1.13. The van der Waals surface area contributed by atoms with Gasteiger partial charge in [0.1, 0.15) is 11.5 Å². The molecule has 37 heavy (non-hydrogen) atoms. The molecular formula is C27H30F3NO5S. The molecule has 0 spiro atoms. The Morgan fingerprint density at radius 2 is 1.35 bits per heavy atom. The second kappa shape index (κ2) is 14.2. The fourth-order valence-corrected chi connectivity index (χ4v) is 3.86. The van der Waals surface area contributed by atoms with Gasteiger partial charge in [-0.3, -0.25) is 0 Å². The maximum Gasteiger partial charge on any atom is 0.573 e. The second-order valence-corrected chi connectivity index (χ2v) is 7.86. The van der Waals surface area contributed by atoms with Crippen LogP contribution in [0.1, 0.15) is 25.0 Å². The number of nitrogens with one attached hydrogen (secondary N) is 1. The normalized spacial score (nSPS) is 10.8. The van der Waals surface area contributed by atoms with E-state index >= 15 is 0 Å². The molecule has 0 aliphatic rings. The first kappa shape index (κ1) is 29.6. The van der Waals surface area contributed by atoms with Crippen molar-refractivity contribution < 1.29 is 36.9 Å². The number of hydrogen-bond acceptors (Lipinski definition) is 7. The minimum Gasteiger partial charge on any atom is -0.495 e. The number of alkyl halides is 3. The predicted molar refractivity (Wildman–Crippen MR) is 142 cm³/mol. The van der Waals surface area contributed by atoms with Crippen LogP contribution in [0.2, 0.25) is 0 Å². The van der Waals surface area contributed by atoms with Crippen molar-refractivity contribution in [2.75, 3.05) is 33.2 Å². The molecule has 3 rings (SSSR count). The Balaban J connectivity index is 0.00000235. The molecule has 10 heteroatoms. The average molecular weight is 538 g/mol. The van der Waals surface area contributed by atoms with Crippen molar-refractivity contribution in [3.63, 3.8) is 0 Å². The van der Waals surface area contributed by atoms with E-state index in [2.05, 4.69) is 9.46 Å². The molecule has 0 amide bonds. The fraction of sp³-hybridized carbons (Fsp3) is 0.259. The highest BCUT2D eigenvalue weighted by Crippen LogP contribution is 2.39. The van der Waals surface area contributed by atoms with Gasteiger partial charge in [0.15, 0.2) is 11.5 Å². The third kappa shape index (κ3) is 8.75. The Morgan fingerprint density at radius 1 is 0.730 bits per heavy atom. The SMILES string of the molecule is CC.COc1ccc(/C=C\c2cc(OC)c(OC)c(OC)c2)cc1NSc1cccc(OC(F)(F)F)c1. The number of methoxy groups -OCH3 is 4. The highest BCUT2D eigenvalue weighted by atomic mass is 32.2. The Labute approximate surface area is 219 Å². The van der Waals surface area contributed by atoms with Gasteiger partial charge in [-0.05, 0) is 65.5 Å². The van der Waals surface area contributed by atoms with E-state index in [1.165, 1.54) is 25.3 Å². The third-order valence-electron chi connectivity index (χ3n) is 4.70. The number of benzene rings is 3. The van der Waals surface area contributed by atoms with Crippen LogP contribution in [0.25, 0.3) is 12.2 Å². The second-order valence-electron chi connectivity index (χ2n) is 6.98. The highest BCUT2D eigenvalue weighted by molar-refractivity contribution is 8.00. The Morgan fingerprint density at radius 3 is 1.92 bits per heavy atom. The van der Waals surface area contributed by atoms with Crippen LogP contribution in [0, 0.1) is 0 Å². The van der Waals surface area contributed by atoms with Crippen molar-refractivity contribution in [2.24, 2.45) is 0 Å². The van der Waals surface area contributed by atoms with E-state index in [1.807, 2.05) is 50.3 Å². The summed E-state index contributed by atoms with van der Waals surface area (Å²) < 4.78 is 66.1. The minimum atomic E-state index is -4.75. The van der Waals surface area contributed by atoms with Gasteiger partial charge in [-0.25, -0.2) is 0 Å². The van der Waals surface area contributed by atoms with E-state index < -0.39 is 6.36 Å². The Bertz CT molecular complexity index is 1160. The zero-order chi connectivity index (χ0) is 27.4. The summed E-state index contributed by atoms with van der Waals surface area (Å²) in [6.07, 6.45) is -0.965. The first-order chi connectivity index (χ1) is 17.8. The lowest BCUT2D eigenvalue weighted by molar-refractivity contribution is -0.274. The van der Waals surface area contributed by atoms with Gasteiger partial charge in [0.25, 0.3) is 0 Å². The minimum absolute atomic E-state index is 0.293. The number of halogens is 3. The van der Waals surface area contributed by atoms with E-state index in [4.69, 9.17) is 18.9 Å². The third-order valence-corrected chi connectivity index (χ3v) is 5.51. The van der Waals surface area contributed by atoms with Gasteiger partial charge >= 0.3 is 6.36 Å².